The van der Waals surface area contributed by atoms with Crippen LogP contribution in [0.1, 0.15) is 25.7 Å². The van der Waals surface area contributed by atoms with E-state index < -0.39 is 8.60 Å². The van der Waals surface area contributed by atoms with E-state index in [1.807, 2.05) is 0 Å². The summed E-state index contributed by atoms with van der Waals surface area (Å²) in [6.07, 6.45) is 3.97. The van der Waals surface area contributed by atoms with Crippen LogP contribution in [0.15, 0.2) is 0 Å². The molecule has 0 atom stereocenters. The van der Waals surface area contributed by atoms with Crippen molar-refractivity contribution < 1.29 is 19.1 Å². The number of hydrogen-bond acceptors (Lipinski definition) is 4. The lowest BCUT2D eigenvalue weighted by atomic mass is 10.2. The minimum Gasteiger partial charge on any atom is -0.328 e. The molecule has 0 aliphatic carbocycles. The molecule has 0 bridgehead atoms. The SMILES string of the molecule is O=CCCCCCOP(O)O. The molecule has 0 amide bonds. The maximum atomic E-state index is 9.84. The van der Waals surface area contributed by atoms with Crippen LogP contribution in [0.4, 0.5) is 0 Å². The largest absolute Gasteiger partial charge is 0.328 e. The number of carbonyl (C=O) groups is 1. The minimum atomic E-state index is -2.19. The first kappa shape index (κ1) is 11.0. The topological polar surface area (TPSA) is 66.8 Å². The fourth-order valence-corrected chi connectivity index (χ4v) is 0.945. The lowest BCUT2D eigenvalue weighted by Gasteiger charge is -2.01. The number of carbonyl (C=O) groups excluding carboxylic acids is 1. The maximum Gasteiger partial charge on any atom is 0.327 e. The average Bonchev–Trinajstić information content (AvgIpc) is 1.96. The third-order valence-corrected chi connectivity index (χ3v) is 1.59. The fourth-order valence-electron chi connectivity index (χ4n) is 0.653. The van der Waals surface area contributed by atoms with Gasteiger partial charge in [0.1, 0.15) is 6.29 Å². The van der Waals surface area contributed by atoms with E-state index in [0.29, 0.717) is 13.0 Å². The van der Waals surface area contributed by atoms with Crippen LogP contribution in [0, 0.1) is 0 Å². The second-order valence-corrected chi connectivity index (χ2v) is 2.87. The Hall–Kier alpha value is -0.0200. The first-order valence-electron chi connectivity index (χ1n) is 3.52. The molecule has 11 heavy (non-hydrogen) atoms. The molecule has 0 aliphatic heterocycles. The van der Waals surface area contributed by atoms with Crippen LogP contribution < -0.4 is 0 Å². The van der Waals surface area contributed by atoms with Gasteiger partial charge < -0.3 is 19.1 Å². The zero-order valence-corrected chi connectivity index (χ0v) is 7.17. The van der Waals surface area contributed by atoms with Crippen LogP contribution >= 0.6 is 8.60 Å². The highest BCUT2D eigenvalue weighted by Gasteiger charge is 1.97. The number of aldehydes is 1. The monoisotopic (exact) mass is 180 g/mol. The Kier molecular flexibility index (Phi) is 8.07. The Morgan fingerprint density at radius 2 is 2.00 bits per heavy atom. The van der Waals surface area contributed by atoms with E-state index in [2.05, 4.69) is 4.52 Å². The van der Waals surface area contributed by atoms with Gasteiger partial charge in [0.2, 0.25) is 0 Å². The van der Waals surface area contributed by atoms with Gasteiger partial charge in [-0.25, -0.2) is 0 Å². The van der Waals surface area contributed by atoms with Crippen molar-refractivity contribution in [3.63, 3.8) is 0 Å². The normalized spacial score (nSPS) is 10.5. The summed E-state index contributed by atoms with van der Waals surface area (Å²) in [6, 6.07) is 0. The minimum absolute atomic E-state index is 0.359. The highest BCUT2D eigenvalue weighted by atomic mass is 31.2. The Bertz CT molecular complexity index is 96.6. The van der Waals surface area contributed by atoms with Gasteiger partial charge in [0.25, 0.3) is 0 Å². The van der Waals surface area contributed by atoms with E-state index in [4.69, 9.17) is 9.79 Å². The quantitative estimate of drug-likeness (QED) is 0.348. The molecule has 0 aromatic carbocycles. The van der Waals surface area contributed by atoms with Gasteiger partial charge in [0.15, 0.2) is 0 Å². The van der Waals surface area contributed by atoms with Gasteiger partial charge in [-0.15, -0.1) is 0 Å². The lowest BCUT2D eigenvalue weighted by molar-refractivity contribution is -0.107. The van der Waals surface area contributed by atoms with Crippen LogP contribution in [0.3, 0.4) is 0 Å². The summed E-state index contributed by atoms with van der Waals surface area (Å²) >= 11 is 0. The second kappa shape index (κ2) is 8.08. The Balaban J connectivity index is 2.85. The van der Waals surface area contributed by atoms with Crippen molar-refractivity contribution in [3.05, 3.63) is 0 Å². The predicted octanol–water partition coefficient (Wildman–Crippen LogP) is 0.974. The van der Waals surface area contributed by atoms with Crippen molar-refractivity contribution in [3.8, 4) is 0 Å². The Morgan fingerprint density at radius 1 is 1.27 bits per heavy atom. The van der Waals surface area contributed by atoms with Crippen LogP contribution in [-0.2, 0) is 9.32 Å². The molecule has 5 heteroatoms. The molecule has 0 aromatic rings. The van der Waals surface area contributed by atoms with Crippen molar-refractivity contribution in [1.29, 1.82) is 0 Å². The van der Waals surface area contributed by atoms with E-state index in [0.717, 1.165) is 25.5 Å². The molecule has 0 heterocycles. The van der Waals surface area contributed by atoms with Crippen molar-refractivity contribution in [1.82, 2.24) is 0 Å². The van der Waals surface area contributed by atoms with Crippen LogP contribution in [-0.4, -0.2) is 22.7 Å². The van der Waals surface area contributed by atoms with Gasteiger partial charge in [-0.2, -0.15) is 0 Å². The van der Waals surface area contributed by atoms with E-state index in [1.165, 1.54) is 0 Å². The summed E-state index contributed by atoms with van der Waals surface area (Å²) in [6.45, 7) is 0.359. The summed E-state index contributed by atoms with van der Waals surface area (Å²) in [5.41, 5.74) is 0. The first-order valence-corrected chi connectivity index (χ1v) is 4.68. The molecule has 0 aromatic heterocycles. The van der Waals surface area contributed by atoms with Gasteiger partial charge in [0.05, 0.1) is 6.61 Å². The van der Waals surface area contributed by atoms with Crippen LogP contribution in [0.5, 0.6) is 0 Å². The van der Waals surface area contributed by atoms with Crippen molar-refractivity contribution in [2.75, 3.05) is 6.61 Å². The van der Waals surface area contributed by atoms with E-state index in [9.17, 15) is 4.79 Å². The third-order valence-electron chi connectivity index (χ3n) is 1.17. The van der Waals surface area contributed by atoms with E-state index in [1.54, 1.807) is 0 Å². The van der Waals surface area contributed by atoms with E-state index in [-0.39, 0.29) is 0 Å². The standard InChI is InChI=1S/C6H13O4P/c7-5-3-1-2-4-6-10-11(8)9/h5,8-9H,1-4,6H2. The van der Waals surface area contributed by atoms with Crippen LogP contribution in [0.25, 0.3) is 0 Å². The summed E-state index contributed by atoms with van der Waals surface area (Å²) < 4.78 is 4.51. The van der Waals surface area contributed by atoms with Gasteiger partial charge >= 0.3 is 8.60 Å². The molecular weight excluding hydrogens is 167 g/mol. The maximum absolute atomic E-state index is 9.84. The zero-order valence-electron chi connectivity index (χ0n) is 6.27. The molecule has 4 nitrogen and oxygen atoms in total. The average molecular weight is 180 g/mol. The molecular formula is C6H13O4P. The zero-order chi connectivity index (χ0) is 8.53. The molecule has 0 rings (SSSR count). The molecule has 0 unspecified atom stereocenters. The predicted molar refractivity (Wildman–Crippen MR) is 41.8 cm³/mol. The number of unbranched alkanes of at least 4 members (excludes halogenated alkanes) is 3. The van der Waals surface area contributed by atoms with Gasteiger partial charge in [-0.05, 0) is 12.8 Å². The first-order chi connectivity index (χ1) is 5.27. The number of hydrogen-bond donors (Lipinski definition) is 2. The third kappa shape index (κ3) is 9.98. The molecule has 0 aliphatic rings. The second-order valence-electron chi connectivity index (χ2n) is 2.10. The molecule has 0 spiro atoms. The smallest absolute Gasteiger partial charge is 0.327 e. The Morgan fingerprint density at radius 3 is 2.55 bits per heavy atom. The molecule has 0 saturated heterocycles. The summed E-state index contributed by atoms with van der Waals surface area (Å²) in [5.74, 6) is 0. The van der Waals surface area contributed by atoms with Crippen LogP contribution in [0.2, 0.25) is 0 Å². The molecule has 0 fully saturated rings. The fraction of sp³-hybridized carbons (Fsp3) is 0.833. The molecule has 2 N–H and O–H groups in total. The summed E-state index contributed by atoms with van der Waals surface area (Å²) in [4.78, 5) is 26.4. The lowest BCUT2D eigenvalue weighted by Crippen LogP contribution is -1.89. The highest BCUT2D eigenvalue weighted by Crippen LogP contribution is 2.24. The molecule has 66 valence electrons. The van der Waals surface area contributed by atoms with Crippen molar-refractivity contribution in [2.45, 2.75) is 25.7 Å². The van der Waals surface area contributed by atoms with E-state index >= 15 is 0 Å². The van der Waals surface area contributed by atoms with Crippen molar-refractivity contribution >= 4 is 14.9 Å². The molecule has 0 radical (unpaired) electrons. The van der Waals surface area contributed by atoms with Gasteiger partial charge in [-0.1, -0.05) is 6.42 Å². The van der Waals surface area contributed by atoms with Gasteiger partial charge in [-0.3, -0.25) is 0 Å². The highest BCUT2D eigenvalue weighted by molar-refractivity contribution is 7.39. The van der Waals surface area contributed by atoms with Crippen molar-refractivity contribution in [2.24, 2.45) is 0 Å². The van der Waals surface area contributed by atoms with Gasteiger partial charge in [0, 0.05) is 6.42 Å². The Labute approximate surface area is 67.2 Å². The number of rotatable bonds is 7. The summed E-state index contributed by atoms with van der Waals surface area (Å²) in [7, 11) is -2.19. The summed E-state index contributed by atoms with van der Waals surface area (Å²) in [5, 5.41) is 0. The molecule has 0 saturated carbocycles.